The van der Waals surface area contributed by atoms with Gasteiger partial charge in [-0.2, -0.15) is 0 Å². The Bertz CT molecular complexity index is 1100. The summed E-state index contributed by atoms with van der Waals surface area (Å²) in [4.78, 5) is 30.2. The monoisotopic (exact) mass is 390 g/mol. The molecule has 3 rings (SSSR count). The smallest absolute Gasteiger partial charge is 0.316 e. The molecule has 1 aromatic carbocycles. The maximum Gasteiger partial charge on any atom is 0.332 e. The zero-order valence-corrected chi connectivity index (χ0v) is 16.3. The van der Waals surface area contributed by atoms with Crippen LogP contribution in [-0.2, 0) is 20.6 Å². The molecule has 0 N–H and O–H groups in total. The van der Waals surface area contributed by atoms with E-state index < -0.39 is 5.69 Å². The molecular formula is C18H19ClN4O2S. The second-order valence-corrected chi connectivity index (χ2v) is 7.82. The number of fused-ring (bicyclic) bond motifs is 1. The molecule has 2 heterocycles. The van der Waals surface area contributed by atoms with Crippen molar-refractivity contribution in [2.75, 3.05) is 0 Å². The quantitative estimate of drug-likeness (QED) is 0.496. The Morgan fingerprint density at radius 2 is 1.88 bits per heavy atom. The first-order chi connectivity index (χ1) is 12.3. The Balaban J connectivity index is 2.17. The van der Waals surface area contributed by atoms with E-state index in [-0.39, 0.29) is 17.4 Å². The van der Waals surface area contributed by atoms with Crippen molar-refractivity contribution in [2.45, 2.75) is 23.9 Å². The molecule has 1 atom stereocenters. The number of hydrogen-bond donors (Lipinski definition) is 0. The van der Waals surface area contributed by atoms with Gasteiger partial charge in [-0.25, -0.2) is 9.78 Å². The van der Waals surface area contributed by atoms with Crippen molar-refractivity contribution in [1.82, 2.24) is 18.7 Å². The Morgan fingerprint density at radius 3 is 2.50 bits per heavy atom. The van der Waals surface area contributed by atoms with Crippen LogP contribution in [-0.4, -0.2) is 23.9 Å². The Labute approximate surface area is 159 Å². The van der Waals surface area contributed by atoms with Crippen molar-refractivity contribution in [3.63, 3.8) is 0 Å². The van der Waals surface area contributed by atoms with Crippen molar-refractivity contribution in [3.05, 3.63) is 68.3 Å². The van der Waals surface area contributed by atoms with Crippen molar-refractivity contribution >= 4 is 34.5 Å². The van der Waals surface area contributed by atoms with Gasteiger partial charge < -0.3 is 4.57 Å². The standard InChI is InChI=1S/C18H19ClN4O2S/c1-5-11(2)26-17-20-15-14(21(17)3)16(24)23(18(25)22(15)4)10-12-6-8-13(19)9-7-12/h5-9,11H,1,10H2,2-4H3/t11-/m1/s1. The van der Waals surface area contributed by atoms with Gasteiger partial charge in [0.05, 0.1) is 6.54 Å². The van der Waals surface area contributed by atoms with Crippen LogP contribution in [0.25, 0.3) is 11.2 Å². The lowest BCUT2D eigenvalue weighted by Gasteiger charge is -2.09. The zero-order valence-electron chi connectivity index (χ0n) is 14.8. The van der Waals surface area contributed by atoms with Gasteiger partial charge in [0.25, 0.3) is 5.56 Å². The van der Waals surface area contributed by atoms with Gasteiger partial charge >= 0.3 is 5.69 Å². The van der Waals surface area contributed by atoms with Crippen LogP contribution in [0.4, 0.5) is 0 Å². The lowest BCUT2D eigenvalue weighted by atomic mass is 10.2. The number of benzene rings is 1. The molecule has 0 aliphatic heterocycles. The fourth-order valence-corrected chi connectivity index (χ4v) is 3.60. The second-order valence-electron chi connectivity index (χ2n) is 6.04. The summed E-state index contributed by atoms with van der Waals surface area (Å²) in [6.07, 6.45) is 1.81. The lowest BCUT2D eigenvalue weighted by Crippen LogP contribution is -2.39. The van der Waals surface area contributed by atoms with E-state index in [1.807, 2.05) is 13.0 Å². The third kappa shape index (κ3) is 3.24. The molecular weight excluding hydrogens is 372 g/mol. The molecule has 3 aromatic rings. The molecule has 0 saturated heterocycles. The minimum Gasteiger partial charge on any atom is -0.316 e. The molecule has 0 amide bonds. The minimum atomic E-state index is -0.399. The number of nitrogens with zero attached hydrogens (tertiary/aromatic N) is 4. The summed E-state index contributed by atoms with van der Waals surface area (Å²) in [5.74, 6) is 0. The summed E-state index contributed by atoms with van der Waals surface area (Å²) in [6, 6.07) is 7.07. The lowest BCUT2D eigenvalue weighted by molar-refractivity contribution is 0.655. The van der Waals surface area contributed by atoms with Crippen LogP contribution in [0, 0.1) is 0 Å². The number of aromatic nitrogens is 4. The largest absolute Gasteiger partial charge is 0.332 e. The van der Waals surface area contributed by atoms with E-state index in [1.165, 1.54) is 20.9 Å². The third-order valence-electron chi connectivity index (χ3n) is 4.20. The predicted octanol–water partition coefficient (Wildman–Crippen LogP) is 2.80. The summed E-state index contributed by atoms with van der Waals surface area (Å²) < 4.78 is 4.37. The number of halogens is 1. The van der Waals surface area contributed by atoms with Gasteiger partial charge in [-0.3, -0.25) is 13.9 Å². The Morgan fingerprint density at radius 1 is 1.23 bits per heavy atom. The van der Waals surface area contributed by atoms with Gasteiger partial charge in [-0.15, -0.1) is 6.58 Å². The average molecular weight is 391 g/mol. The highest BCUT2D eigenvalue weighted by molar-refractivity contribution is 7.99. The summed E-state index contributed by atoms with van der Waals surface area (Å²) >= 11 is 7.39. The SMILES string of the molecule is C=C[C@@H](C)Sc1nc2c(c(=O)n(Cc3ccc(Cl)cc3)c(=O)n2C)n1C. The first-order valence-corrected chi connectivity index (χ1v) is 9.29. The maximum atomic E-state index is 13.0. The van der Waals surface area contributed by atoms with E-state index in [0.717, 1.165) is 5.56 Å². The van der Waals surface area contributed by atoms with E-state index in [1.54, 1.807) is 42.9 Å². The molecule has 8 heteroatoms. The molecule has 0 spiro atoms. The van der Waals surface area contributed by atoms with Crippen molar-refractivity contribution < 1.29 is 0 Å². The van der Waals surface area contributed by atoms with Gasteiger partial charge in [0, 0.05) is 24.4 Å². The van der Waals surface area contributed by atoms with E-state index >= 15 is 0 Å². The van der Waals surface area contributed by atoms with Crippen molar-refractivity contribution in [3.8, 4) is 0 Å². The van der Waals surface area contributed by atoms with E-state index in [0.29, 0.717) is 21.3 Å². The maximum absolute atomic E-state index is 13.0. The van der Waals surface area contributed by atoms with Gasteiger partial charge in [0.1, 0.15) is 0 Å². The van der Waals surface area contributed by atoms with E-state index in [4.69, 9.17) is 11.6 Å². The first kappa shape index (κ1) is 18.5. The Hall–Kier alpha value is -2.25. The van der Waals surface area contributed by atoms with Crippen LogP contribution in [0.1, 0.15) is 12.5 Å². The molecule has 0 aliphatic rings. The molecule has 26 heavy (non-hydrogen) atoms. The summed E-state index contributed by atoms with van der Waals surface area (Å²) in [5.41, 5.74) is 0.855. The third-order valence-corrected chi connectivity index (χ3v) is 5.59. The average Bonchev–Trinajstić information content (AvgIpc) is 2.95. The van der Waals surface area contributed by atoms with Crippen LogP contribution < -0.4 is 11.2 Å². The normalized spacial score (nSPS) is 12.5. The number of thioether (sulfide) groups is 1. The number of imidazole rings is 1. The first-order valence-electron chi connectivity index (χ1n) is 8.03. The van der Waals surface area contributed by atoms with Crippen LogP contribution in [0.2, 0.25) is 5.02 Å². The summed E-state index contributed by atoms with van der Waals surface area (Å²) in [7, 11) is 3.41. The molecule has 0 saturated carbocycles. The fraction of sp³-hybridized carbons (Fsp3) is 0.278. The highest BCUT2D eigenvalue weighted by Gasteiger charge is 2.19. The van der Waals surface area contributed by atoms with Crippen molar-refractivity contribution in [1.29, 1.82) is 0 Å². The number of rotatable bonds is 5. The van der Waals surface area contributed by atoms with Crippen LogP contribution >= 0.6 is 23.4 Å². The van der Waals surface area contributed by atoms with Gasteiger partial charge in [0.2, 0.25) is 0 Å². The number of hydrogen-bond acceptors (Lipinski definition) is 4. The molecule has 0 unspecified atom stereocenters. The Kier molecular flexibility index (Phi) is 5.11. The molecule has 0 fully saturated rings. The van der Waals surface area contributed by atoms with Gasteiger partial charge in [0.15, 0.2) is 16.3 Å². The molecule has 2 aromatic heterocycles. The highest BCUT2D eigenvalue weighted by Crippen LogP contribution is 2.24. The highest BCUT2D eigenvalue weighted by atomic mass is 35.5. The van der Waals surface area contributed by atoms with E-state index in [2.05, 4.69) is 11.6 Å². The molecule has 0 radical (unpaired) electrons. The fourth-order valence-electron chi connectivity index (χ4n) is 2.66. The summed E-state index contributed by atoms with van der Waals surface area (Å²) in [5, 5.41) is 1.41. The molecule has 0 bridgehead atoms. The van der Waals surface area contributed by atoms with Gasteiger partial charge in [-0.05, 0) is 24.6 Å². The molecule has 0 aliphatic carbocycles. The second kappa shape index (κ2) is 7.17. The number of aryl methyl sites for hydroxylation is 2. The molecule has 6 nitrogen and oxygen atoms in total. The molecule has 136 valence electrons. The van der Waals surface area contributed by atoms with Crippen molar-refractivity contribution in [2.24, 2.45) is 14.1 Å². The zero-order chi connectivity index (χ0) is 19.0. The van der Waals surface area contributed by atoms with E-state index in [9.17, 15) is 9.59 Å². The van der Waals surface area contributed by atoms with Crippen LogP contribution in [0.15, 0.2) is 51.7 Å². The topological polar surface area (TPSA) is 61.8 Å². The predicted molar refractivity (Wildman–Crippen MR) is 106 cm³/mol. The summed E-state index contributed by atoms with van der Waals surface area (Å²) in [6.45, 7) is 5.94. The van der Waals surface area contributed by atoms with Crippen LogP contribution in [0.3, 0.4) is 0 Å². The minimum absolute atomic E-state index is 0.138. The van der Waals surface area contributed by atoms with Gasteiger partial charge in [-0.1, -0.05) is 41.6 Å². The van der Waals surface area contributed by atoms with Crippen LogP contribution in [0.5, 0.6) is 0 Å².